The molecule has 1 spiro atoms. The summed E-state index contributed by atoms with van der Waals surface area (Å²) in [7, 11) is 1.58. The van der Waals surface area contributed by atoms with Gasteiger partial charge in [-0.05, 0) is 56.4 Å². The first kappa shape index (κ1) is 29.8. The number of unbranched alkanes of at least 4 members (excludes halogenated alkanes) is 3. The Kier molecular flexibility index (Phi) is 9.05. The van der Waals surface area contributed by atoms with Gasteiger partial charge >= 0.3 is 5.97 Å². The van der Waals surface area contributed by atoms with Crippen LogP contribution in [0.1, 0.15) is 46.0 Å². The maximum absolute atomic E-state index is 14.6. The van der Waals surface area contributed by atoms with E-state index in [1.807, 2.05) is 13.8 Å². The number of carbonyl (C=O) groups is 3. The van der Waals surface area contributed by atoms with Crippen molar-refractivity contribution in [2.45, 2.75) is 63.2 Å². The third-order valence-corrected chi connectivity index (χ3v) is 8.91. The number of anilines is 1. The fourth-order valence-electron chi connectivity index (χ4n) is 6.96. The molecule has 9 heteroatoms. The number of likely N-dealkylation sites (tertiary alicyclic amines) is 1. The monoisotopic (exact) mass is 554 g/mol. The second-order valence-corrected chi connectivity index (χ2v) is 11.2. The lowest BCUT2D eigenvalue weighted by molar-refractivity contribution is -0.160. The molecule has 4 rings (SSSR count). The van der Waals surface area contributed by atoms with E-state index in [0.29, 0.717) is 37.2 Å². The molecule has 0 aromatic heterocycles. The van der Waals surface area contributed by atoms with Crippen molar-refractivity contribution < 1.29 is 33.7 Å². The van der Waals surface area contributed by atoms with E-state index < -0.39 is 35.0 Å². The summed E-state index contributed by atoms with van der Waals surface area (Å²) >= 11 is 0. The topological polar surface area (TPSA) is 106 Å². The van der Waals surface area contributed by atoms with Crippen LogP contribution in [0.4, 0.5) is 5.69 Å². The number of fused-ring (bicyclic) bond motifs is 1. The highest BCUT2D eigenvalue weighted by Crippen LogP contribution is 2.65. The molecular formula is C31H42N2O7. The predicted molar refractivity (Wildman–Crippen MR) is 151 cm³/mol. The van der Waals surface area contributed by atoms with Crippen LogP contribution in [0.25, 0.3) is 0 Å². The van der Waals surface area contributed by atoms with Crippen molar-refractivity contribution in [1.29, 1.82) is 0 Å². The molecule has 3 saturated heterocycles. The number of nitrogens with zero attached hydrogens (tertiary/aromatic N) is 2. The first-order valence-electron chi connectivity index (χ1n) is 14.2. The van der Waals surface area contributed by atoms with Gasteiger partial charge in [-0.2, -0.15) is 0 Å². The largest absolute Gasteiger partial charge is 0.497 e. The molecule has 0 saturated carbocycles. The van der Waals surface area contributed by atoms with E-state index in [9.17, 15) is 14.4 Å². The van der Waals surface area contributed by atoms with Crippen molar-refractivity contribution in [3.05, 3.63) is 49.6 Å². The highest BCUT2D eigenvalue weighted by molar-refractivity contribution is 6.04. The van der Waals surface area contributed by atoms with Gasteiger partial charge in [0, 0.05) is 25.4 Å². The van der Waals surface area contributed by atoms with E-state index in [1.165, 1.54) is 6.08 Å². The Morgan fingerprint density at radius 3 is 2.50 bits per heavy atom. The Labute approximate surface area is 236 Å². The second-order valence-electron chi connectivity index (χ2n) is 11.2. The Morgan fingerprint density at radius 1 is 1.18 bits per heavy atom. The molecular weight excluding hydrogens is 512 g/mol. The molecule has 0 radical (unpaired) electrons. The molecule has 1 N–H and O–H groups in total. The van der Waals surface area contributed by atoms with Gasteiger partial charge in [0.2, 0.25) is 5.91 Å². The lowest BCUT2D eigenvalue weighted by Crippen LogP contribution is -2.57. The highest BCUT2D eigenvalue weighted by Gasteiger charge is 2.80. The first-order valence-corrected chi connectivity index (χ1v) is 14.2. The average Bonchev–Trinajstić information content (AvgIpc) is 3.46. The molecule has 3 aliphatic heterocycles. The van der Waals surface area contributed by atoms with Gasteiger partial charge in [0.1, 0.15) is 29.9 Å². The number of hydrogen-bond acceptors (Lipinski definition) is 7. The Balaban J connectivity index is 1.75. The third-order valence-electron chi connectivity index (χ3n) is 8.91. The van der Waals surface area contributed by atoms with Crippen molar-refractivity contribution in [3.8, 4) is 5.75 Å². The van der Waals surface area contributed by atoms with Crippen molar-refractivity contribution in [3.63, 3.8) is 0 Å². The lowest BCUT2D eigenvalue weighted by Gasteiger charge is -2.37. The Hall–Kier alpha value is -3.17. The number of amides is 2. The highest BCUT2D eigenvalue weighted by atomic mass is 16.6. The number of benzene rings is 1. The summed E-state index contributed by atoms with van der Waals surface area (Å²) in [6.07, 6.45) is 6.61. The predicted octanol–water partition coefficient (Wildman–Crippen LogP) is 3.51. The smallest absolute Gasteiger partial charge is 0.313 e. The molecule has 6 atom stereocenters. The SMILES string of the molecule is C=CCOC(=O)[C@H]1[C@H]2C(=O)N(CCCCCCO)C(C(=O)N(CC=C)c3ccc(OC)cc3)C23CC(C)[C@]1(C)O3. The molecule has 2 amide bonds. The van der Waals surface area contributed by atoms with Crippen LogP contribution in [0.2, 0.25) is 0 Å². The van der Waals surface area contributed by atoms with Crippen LogP contribution in [-0.2, 0) is 23.9 Å². The van der Waals surface area contributed by atoms with Gasteiger partial charge in [-0.1, -0.05) is 38.5 Å². The van der Waals surface area contributed by atoms with Gasteiger partial charge in [-0.3, -0.25) is 14.4 Å². The Bertz CT molecular complexity index is 1120. The summed E-state index contributed by atoms with van der Waals surface area (Å²) in [5, 5.41) is 9.16. The van der Waals surface area contributed by atoms with Crippen molar-refractivity contribution in [1.82, 2.24) is 4.90 Å². The van der Waals surface area contributed by atoms with Crippen LogP contribution in [0.15, 0.2) is 49.6 Å². The minimum absolute atomic E-state index is 0.0369. The molecule has 3 aliphatic rings. The zero-order valence-electron chi connectivity index (χ0n) is 23.8. The quantitative estimate of drug-likeness (QED) is 0.213. The van der Waals surface area contributed by atoms with Crippen molar-refractivity contribution in [2.75, 3.05) is 38.3 Å². The van der Waals surface area contributed by atoms with E-state index in [2.05, 4.69) is 13.2 Å². The molecule has 3 heterocycles. The summed E-state index contributed by atoms with van der Waals surface area (Å²) in [5.74, 6) is -2.08. The van der Waals surface area contributed by atoms with Gasteiger partial charge in [0.25, 0.3) is 5.91 Å². The van der Waals surface area contributed by atoms with Gasteiger partial charge in [-0.25, -0.2) is 0 Å². The van der Waals surface area contributed by atoms with Crippen LogP contribution in [0.5, 0.6) is 5.75 Å². The van der Waals surface area contributed by atoms with E-state index in [4.69, 9.17) is 19.3 Å². The zero-order chi connectivity index (χ0) is 29.1. The van der Waals surface area contributed by atoms with Crippen LogP contribution >= 0.6 is 0 Å². The van der Waals surface area contributed by atoms with Gasteiger partial charge in [0.15, 0.2) is 0 Å². The number of hydrogen-bond donors (Lipinski definition) is 1. The molecule has 218 valence electrons. The lowest BCUT2D eigenvalue weighted by atomic mass is 9.62. The molecule has 2 bridgehead atoms. The van der Waals surface area contributed by atoms with Crippen LogP contribution in [-0.4, -0.2) is 78.4 Å². The van der Waals surface area contributed by atoms with E-state index in [1.54, 1.807) is 47.3 Å². The van der Waals surface area contributed by atoms with E-state index in [0.717, 1.165) is 12.8 Å². The molecule has 1 aromatic carbocycles. The zero-order valence-corrected chi connectivity index (χ0v) is 23.8. The number of rotatable bonds is 14. The number of carbonyl (C=O) groups excluding carboxylic acids is 3. The van der Waals surface area contributed by atoms with Crippen LogP contribution < -0.4 is 9.64 Å². The fourth-order valence-corrected chi connectivity index (χ4v) is 6.96. The number of aliphatic hydroxyl groups is 1. The number of ether oxygens (including phenoxy) is 3. The van der Waals surface area contributed by atoms with Crippen LogP contribution in [0.3, 0.4) is 0 Å². The summed E-state index contributed by atoms with van der Waals surface area (Å²) in [5.41, 5.74) is -1.44. The molecule has 40 heavy (non-hydrogen) atoms. The minimum atomic E-state index is -1.16. The van der Waals surface area contributed by atoms with Gasteiger partial charge in [0.05, 0.1) is 18.6 Å². The third kappa shape index (κ3) is 4.94. The van der Waals surface area contributed by atoms with Crippen LogP contribution in [0, 0.1) is 17.8 Å². The summed E-state index contributed by atoms with van der Waals surface area (Å²) < 4.78 is 17.5. The molecule has 9 nitrogen and oxygen atoms in total. The molecule has 3 fully saturated rings. The molecule has 3 unspecified atom stereocenters. The fraction of sp³-hybridized carbons (Fsp3) is 0.581. The maximum atomic E-state index is 14.6. The first-order chi connectivity index (χ1) is 19.2. The maximum Gasteiger partial charge on any atom is 0.313 e. The van der Waals surface area contributed by atoms with Crippen molar-refractivity contribution in [2.24, 2.45) is 17.8 Å². The molecule has 1 aromatic rings. The van der Waals surface area contributed by atoms with Gasteiger partial charge < -0.3 is 29.1 Å². The summed E-state index contributed by atoms with van der Waals surface area (Å²) in [6.45, 7) is 12.1. The number of esters is 1. The second kappa shape index (κ2) is 12.1. The van der Waals surface area contributed by atoms with Gasteiger partial charge in [-0.15, -0.1) is 6.58 Å². The number of aliphatic hydroxyl groups excluding tert-OH is 1. The van der Waals surface area contributed by atoms with E-state index >= 15 is 0 Å². The summed E-state index contributed by atoms with van der Waals surface area (Å²) in [4.78, 5) is 45.4. The standard InChI is InChI=1S/C31H42N2O7/c1-6-16-32(22-12-14-23(38-5)15-13-22)28(36)26-31-20-21(3)30(4,40-31)25(29(37)39-19-7-2)24(31)27(35)33(26)17-10-8-9-11-18-34/h6-7,12-15,21,24-26,34H,1-2,8-11,16-20H2,3-5H3/t21?,24-,25+,26?,30-,31?/m0/s1. The Morgan fingerprint density at radius 2 is 1.88 bits per heavy atom. The van der Waals surface area contributed by atoms with E-state index in [-0.39, 0.29) is 37.5 Å². The molecule has 0 aliphatic carbocycles. The van der Waals surface area contributed by atoms with Crippen molar-refractivity contribution >= 4 is 23.5 Å². The normalized spacial score (nSPS) is 30.2. The minimum Gasteiger partial charge on any atom is -0.497 e. The average molecular weight is 555 g/mol. The summed E-state index contributed by atoms with van der Waals surface area (Å²) in [6, 6.07) is 6.26. The number of methoxy groups -OCH3 is 1.